The zero-order chi connectivity index (χ0) is 21.4. The zero-order valence-corrected chi connectivity index (χ0v) is 17.7. The predicted octanol–water partition coefficient (Wildman–Crippen LogP) is 3.57. The second-order valence-corrected chi connectivity index (χ2v) is 8.28. The van der Waals surface area contributed by atoms with Crippen LogP contribution in [-0.4, -0.2) is 40.1 Å². The maximum absolute atomic E-state index is 13.2. The predicted molar refractivity (Wildman–Crippen MR) is 117 cm³/mol. The van der Waals surface area contributed by atoms with Gasteiger partial charge in [-0.05, 0) is 48.7 Å². The first kappa shape index (κ1) is 19.9. The van der Waals surface area contributed by atoms with Crippen molar-refractivity contribution in [3.05, 3.63) is 63.7 Å². The summed E-state index contributed by atoms with van der Waals surface area (Å²) in [5, 5.41) is 0.869. The first-order chi connectivity index (χ1) is 15.1. The Kier molecular flexibility index (Phi) is 5.28. The summed E-state index contributed by atoms with van der Waals surface area (Å²) in [4.78, 5) is 32.1. The standard InChI is InChI=1S/C23H22ClN3O4/c24-16-5-6-18-17(12-16)23(29)26(14-25-18)13-22(28)27-8-1-3-19(27)15-4-7-20-21(11-15)31-10-2-9-30-20/h4-7,11-12,14,19H,1-3,8-10,13H2/t19-/m0/s1. The van der Waals surface area contributed by atoms with E-state index in [1.807, 2.05) is 23.1 Å². The average Bonchev–Trinajstić information content (AvgIpc) is 3.15. The van der Waals surface area contributed by atoms with E-state index in [9.17, 15) is 9.59 Å². The van der Waals surface area contributed by atoms with E-state index in [1.165, 1.54) is 10.9 Å². The minimum absolute atomic E-state index is 0.0526. The van der Waals surface area contributed by atoms with E-state index in [4.69, 9.17) is 21.1 Å². The van der Waals surface area contributed by atoms with Gasteiger partial charge in [-0.1, -0.05) is 17.7 Å². The average molecular weight is 440 g/mol. The molecule has 7 nitrogen and oxygen atoms in total. The Morgan fingerprint density at radius 3 is 2.81 bits per heavy atom. The number of hydrogen-bond donors (Lipinski definition) is 0. The molecular formula is C23H22ClN3O4. The van der Waals surface area contributed by atoms with Crippen LogP contribution in [0, 0.1) is 0 Å². The number of amides is 1. The topological polar surface area (TPSA) is 73.7 Å². The van der Waals surface area contributed by atoms with Gasteiger partial charge in [0.25, 0.3) is 5.56 Å². The van der Waals surface area contributed by atoms with Crippen molar-refractivity contribution in [1.82, 2.24) is 14.5 Å². The van der Waals surface area contributed by atoms with Crippen LogP contribution in [0.3, 0.4) is 0 Å². The molecule has 8 heteroatoms. The molecule has 0 radical (unpaired) electrons. The fourth-order valence-electron chi connectivity index (χ4n) is 4.28. The van der Waals surface area contributed by atoms with Crippen molar-refractivity contribution in [2.24, 2.45) is 0 Å². The van der Waals surface area contributed by atoms with E-state index in [0.29, 0.717) is 35.7 Å². The third-order valence-corrected chi connectivity index (χ3v) is 6.06. The number of hydrogen-bond acceptors (Lipinski definition) is 5. The number of benzene rings is 2. The van der Waals surface area contributed by atoms with Crippen molar-refractivity contribution in [3.63, 3.8) is 0 Å². The maximum Gasteiger partial charge on any atom is 0.261 e. The lowest BCUT2D eigenvalue weighted by Gasteiger charge is -2.26. The van der Waals surface area contributed by atoms with Gasteiger partial charge in [0, 0.05) is 18.0 Å². The smallest absolute Gasteiger partial charge is 0.261 e. The van der Waals surface area contributed by atoms with Crippen molar-refractivity contribution in [2.45, 2.75) is 31.8 Å². The van der Waals surface area contributed by atoms with Crippen LogP contribution < -0.4 is 15.0 Å². The summed E-state index contributed by atoms with van der Waals surface area (Å²) >= 11 is 6.03. The first-order valence-corrected chi connectivity index (χ1v) is 10.8. The van der Waals surface area contributed by atoms with Gasteiger partial charge in [0.15, 0.2) is 11.5 Å². The van der Waals surface area contributed by atoms with E-state index in [2.05, 4.69) is 4.98 Å². The second kappa shape index (κ2) is 8.23. The molecule has 0 spiro atoms. The number of nitrogens with zero attached hydrogens (tertiary/aromatic N) is 3. The lowest BCUT2D eigenvalue weighted by atomic mass is 10.0. The molecule has 31 heavy (non-hydrogen) atoms. The highest BCUT2D eigenvalue weighted by atomic mass is 35.5. The summed E-state index contributed by atoms with van der Waals surface area (Å²) in [6, 6.07) is 10.8. The molecule has 1 amide bonds. The Hall–Kier alpha value is -3.06. The minimum atomic E-state index is -0.271. The SMILES string of the molecule is O=C(Cn1cnc2ccc(Cl)cc2c1=O)N1CCC[C@H]1c1ccc2c(c1)OCCCO2. The molecule has 3 aromatic rings. The molecular weight excluding hydrogens is 418 g/mol. The van der Waals surface area contributed by atoms with E-state index in [1.54, 1.807) is 18.2 Å². The van der Waals surface area contributed by atoms with Crippen LogP contribution in [0.5, 0.6) is 11.5 Å². The number of aromatic nitrogens is 2. The zero-order valence-electron chi connectivity index (χ0n) is 16.9. The number of ether oxygens (including phenoxy) is 2. The molecule has 3 heterocycles. The van der Waals surface area contributed by atoms with Crippen molar-refractivity contribution < 1.29 is 14.3 Å². The summed E-state index contributed by atoms with van der Waals surface area (Å²) in [6.45, 7) is 1.85. The van der Waals surface area contributed by atoms with Crippen molar-refractivity contribution in [3.8, 4) is 11.5 Å². The maximum atomic E-state index is 13.2. The van der Waals surface area contributed by atoms with Crippen LogP contribution in [0.4, 0.5) is 0 Å². The molecule has 1 atom stereocenters. The fraction of sp³-hybridized carbons (Fsp3) is 0.348. The number of likely N-dealkylation sites (tertiary alicyclic amines) is 1. The lowest BCUT2D eigenvalue weighted by molar-refractivity contribution is -0.132. The van der Waals surface area contributed by atoms with Crippen molar-refractivity contribution >= 4 is 28.4 Å². The normalized spacial score (nSPS) is 18.2. The molecule has 0 unspecified atom stereocenters. The van der Waals surface area contributed by atoms with Gasteiger partial charge in [0.1, 0.15) is 6.54 Å². The molecule has 2 aliphatic heterocycles. The third-order valence-electron chi connectivity index (χ3n) is 5.82. The number of carbonyl (C=O) groups is 1. The Balaban J connectivity index is 1.39. The third kappa shape index (κ3) is 3.85. The Labute approximate surface area is 184 Å². The largest absolute Gasteiger partial charge is 0.490 e. The Morgan fingerprint density at radius 1 is 1.10 bits per heavy atom. The molecule has 1 aromatic heterocycles. The second-order valence-electron chi connectivity index (χ2n) is 7.84. The van der Waals surface area contributed by atoms with Gasteiger partial charge < -0.3 is 14.4 Å². The first-order valence-electron chi connectivity index (χ1n) is 10.4. The van der Waals surface area contributed by atoms with Crippen LogP contribution in [0.25, 0.3) is 10.9 Å². The summed E-state index contributed by atoms with van der Waals surface area (Å²) < 4.78 is 12.9. The minimum Gasteiger partial charge on any atom is -0.490 e. The molecule has 2 aliphatic rings. The van der Waals surface area contributed by atoms with Gasteiger partial charge in [-0.2, -0.15) is 0 Å². The molecule has 2 aromatic carbocycles. The van der Waals surface area contributed by atoms with E-state index in [0.717, 1.165) is 36.3 Å². The van der Waals surface area contributed by atoms with Crippen LogP contribution >= 0.6 is 11.6 Å². The number of carbonyl (C=O) groups excluding carboxylic acids is 1. The van der Waals surface area contributed by atoms with E-state index < -0.39 is 0 Å². The summed E-state index contributed by atoms with van der Waals surface area (Å²) in [5.74, 6) is 1.35. The Morgan fingerprint density at radius 2 is 1.94 bits per heavy atom. The van der Waals surface area contributed by atoms with Gasteiger partial charge >= 0.3 is 0 Å². The van der Waals surface area contributed by atoms with Gasteiger partial charge in [0.05, 0.1) is 36.5 Å². The Bertz CT molecular complexity index is 1210. The molecule has 1 fully saturated rings. The highest BCUT2D eigenvalue weighted by Crippen LogP contribution is 2.38. The van der Waals surface area contributed by atoms with Crippen molar-refractivity contribution in [1.29, 1.82) is 0 Å². The van der Waals surface area contributed by atoms with Crippen LogP contribution in [0.15, 0.2) is 47.5 Å². The molecule has 0 N–H and O–H groups in total. The quantitative estimate of drug-likeness (QED) is 0.623. The summed E-state index contributed by atoms with van der Waals surface area (Å²) in [5.41, 5.74) is 1.31. The van der Waals surface area contributed by atoms with Gasteiger partial charge in [-0.3, -0.25) is 14.2 Å². The molecule has 1 saturated heterocycles. The highest BCUT2D eigenvalue weighted by molar-refractivity contribution is 6.31. The van der Waals surface area contributed by atoms with Crippen LogP contribution in [-0.2, 0) is 11.3 Å². The number of halogens is 1. The number of fused-ring (bicyclic) bond motifs is 2. The molecule has 0 bridgehead atoms. The number of rotatable bonds is 3. The van der Waals surface area contributed by atoms with Crippen molar-refractivity contribution in [2.75, 3.05) is 19.8 Å². The van der Waals surface area contributed by atoms with Gasteiger partial charge in [-0.15, -0.1) is 0 Å². The molecule has 0 saturated carbocycles. The molecule has 5 rings (SSSR count). The van der Waals surface area contributed by atoms with Gasteiger partial charge in [0.2, 0.25) is 5.91 Å². The monoisotopic (exact) mass is 439 g/mol. The molecule has 160 valence electrons. The fourth-order valence-corrected chi connectivity index (χ4v) is 4.45. The molecule has 0 aliphatic carbocycles. The van der Waals surface area contributed by atoms with Crippen LogP contribution in [0.1, 0.15) is 30.9 Å². The van der Waals surface area contributed by atoms with E-state index >= 15 is 0 Å². The highest BCUT2D eigenvalue weighted by Gasteiger charge is 2.31. The summed E-state index contributed by atoms with van der Waals surface area (Å²) in [6.07, 6.45) is 4.05. The van der Waals surface area contributed by atoms with E-state index in [-0.39, 0.29) is 24.1 Å². The van der Waals surface area contributed by atoms with Gasteiger partial charge in [-0.25, -0.2) is 4.98 Å². The lowest BCUT2D eigenvalue weighted by Crippen LogP contribution is -2.36. The summed E-state index contributed by atoms with van der Waals surface area (Å²) in [7, 11) is 0. The van der Waals surface area contributed by atoms with Crippen LogP contribution in [0.2, 0.25) is 5.02 Å².